The minimum Gasteiger partial charge on any atom is -0.370 e. The van der Waals surface area contributed by atoms with Gasteiger partial charge in [0.15, 0.2) is 5.65 Å². The summed E-state index contributed by atoms with van der Waals surface area (Å²) in [6, 6.07) is 13.5. The normalized spacial score (nSPS) is 11.3. The lowest BCUT2D eigenvalue weighted by Crippen LogP contribution is -2.27. The first-order chi connectivity index (χ1) is 15.5. The van der Waals surface area contributed by atoms with Crippen molar-refractivity contribution in [3.63, 3.8) is 0 Å². The number of thiophene rings is 1. The molecule has 0 unspecified atom stereocenters. The van der Waals surface area contributed by atoms with Crippen molar-refractivity contribution in [1.29, 1.82) is 0 Å². The number of amides is 1. The number of aromatic nitrogens is 3. The van der Waals surface area contributed by atoms with Gasteiger partial charge in [-0.25, -0.2) is 4.98 Å². The maximum Gasteiger partial charge on any atom is 0.246 e. The number of carbonyl (C=O) groups excluding carboxylic acids is 1. The van der Waals surface area contributed by atoms with E-state index in [0.29, 0.717) is 23.8 Å². The van der Waals surface area contributed by atoms with Crippen LogP contribution >= 0.6 is 38.9 Å². The van der Waals surface area contributed by atoms with E-state index in [2.05, 4.69) is 26.3 Å². The summed E-state index contributed by atoms with van der Waals surface area (Å²) >= 11 is 11.5. The summed E-state index contributed by atoms with van der Waals surface area (Å²) in [5.41, 5.74) is 2.32. The third-order valence-electron chi connectivity index (χ3n) is 4.86. The average molecular weight is 531 g/mol. The predicted octanol–water partition coefficient (Wildman–Crippen LogP) is 5.85. The fourth-order valence-corrected chi connectivity index (χ4v) is 4.38. The lowest BCUT2D eigenvalue weighted by molar-refractivity contribution is -0.124. The van der Waals surface area contributed by atoms with Crippen LogP contribution in [-0.4, -0.2) is 45.5 Å². The summed E-state index contributed by atoms with van der Waals surface area (Å²) in [4.78, 5) is 19.8. The Hall–Kier alpha value is -2.68. The molecule has 164 valence electrons. The molecule has 4 rings (SSSR count). The van der Waals surface area contributed by atoms with Crippen molar-refractivity contribution in [1.82, 2.24) is 19.5 Å². The Bertz CT molecular complexity index is 1250. The van der Waals surface area contributed by atoms with Crippen molar-refractivity contribution in [2.24, 2.45) is 0 Å². The molecule has 0 aliphatic carbocycles. The number of hydrogen-bond donors (Lipinski definition) is 1. The van der Waals surface area contributed by atoms with Crippen molar-refractivity contribution in [2.75, 3.05) is 25.5 Å². The molecule has 0 saturated carbocycles. The summed E-state index contributed by atoms with van der Waals surface area (Å²) < 4.78 is 2.56. The number of nitrogens with zero attached hydrogens (tertiary/aromatic N) is 4. The Morgan fingerprint density at radius 3 is 2.94 bits per heavy atom. The first kappa shape index (κ1) is 22.5. The maximum atomic E-state index is 12.3. The lowest BCUT2D eigenvalue weighted by atomic mass is 10.1. The Morgan fingerprint density at radius 1 is 1.31 bits per heavy atom. The number of anilines is 1. The molecule has 6 nitrogen and oxygen atoms in total. The molecular formula is C23H21BrClN5OS. The summed E-state index contributed by atoms with van der Waals surface area (Å²) in [6.07, 6.45) is 5.96. The van der Waals surface area contributed by atoms with Crippen LogP contribution in [0.4, 0.5) is 5.82 Å². The van der Waals surface area contributed by atoms with E-state index >= 15 is 0 Å². The predicted molar refractivity (Wildman–Crippen MR) is 135 cm³/mol. The Balaban J connectivity index is 1.42. The second-order valence-electron chi connectivity index (χ2n) is 7.12. The van der Waals surface area contributed by atoms with E-state index in [-0.39, 0.29) is 5.91 Å². The fraction of sp³-hybridized carbons (Fsp3) is 0.174. The molecule has 9 heteroatoms. The van der Waals surface area contributed by atoms with Crippen LogP contribution in [0.3, 0.4) is 0 Å². The second kappa shape index (κ2) is 10.3. The monoisotopic (exact) mass is 529 g/mol. The zero-order valence-corrected chi connectivity index (χ0v) is 20.5. The SMILES string of the molecule is CN(CCCNc1cc(-c2ccccc2Cl)nc2c(Br)cnn12)C(=O)C=Cc1cccs1. The molecule has 4 aromatic rings. The van der Waals surface area contributed by atoms with Crippen LogP contribution in [0.5, 0.6) is 0 Å². The third-order valence-corrected chi connectivity index (χ3v) is 6.59. The van der Waals surface area contributed by atoms with Gasteiger partial charge in [-0.2, -0.15) is 9.61 Å². The zero-order chi connectivity index (χ0) is 22.5. The molecule has 1 N–H and O–H groups in total. The molecule has 1 amide bonds. The molecule has 3 aromatic heterocycles. The number of carbonyl (C=O) groups is 1. The van der Waals surface area contributed by atoms with Crippen LogP contribution in [0.2, 0.25) is 5.02 Å². The molecule has 0 bridgehead atoms. The number of fused-ring (bicyclic) bond motifs is 1. The highest BCUT2D eigenvalue weighted by molar-refractivity contribution is 9.10. The van der Waals surface area contributed by atoms with Gasteiger partial charge in [0.1, 0.15) is 5.82 Å². The van der Waals surface area contributed by atoms with Gasteiger partial charge >= 0.3 is 0 Å². The smallest absolute Gasteiger partial charge is 0.246 e. The summed E-state index contributed by atoms with van der Waals surface area (Å²) in [6.45, 7) is 1.31. The van der Waals surface area contributed by atoms with E-state index in [1.807, 2.05) is 61.0 Å². The number of nitrogens with one attached hydrogen (secondary N) is 1. The van der Waals surface area contributed by atoms with Gasteiger partial charge in [-0.1, -0.05) is 35.9 Å². The molecule has 3 heterocycles. The molecule has 0 radical (unpaired) electrons. The molecule has 1 aromatic carbocycles. The largest absolute Gasteiger partial charge is 0.370 e. The van der Waals surface area contributed by atoms with Crippen LogP contribution in [0.25, 0.3) is 23.0 Å². The number of halogens is 2. The first-order valence-electron chi connectivity index (χ1n) is 10.0. The number of benzene rings is 1. The van der Waals surface area contributed by atoms with Crippen LogP contribution in [0.15, 0.2) is 64.6 Å². The van der Waals surface area contributed by atoms with Crippen molar-refractivity contribution >= 4 is 62.3 Å². The molecular weight excluding hydrogens is 510 g/mol. The summed E-state index contributed by atoms with van der Waals surface area (Å²) in [7, 11) is 1.81. The minimum absolute atomic E-state index is 0.0123. The number of hydrogen-bond acceptors (Lipinski definition) is 5. The highest BCUT2D eigenvalue weighted by atomic mass is 79.9. The van der Waals surface area contributed by atoms with Crippen LogP contribution < -0.4 is 5.32 Å². The molecule has 0 saturated heterocycles. The highest BCUT2D eigenvalue weighted by Gasteiger charge is 2.13. The average Bonchev–Trinajstić information content (AvgIpc) is 3.45. The van der Waals surface area contributed by atoms with Gasteiger partial charge in [0.05, 0.1) is 16.4 Å². The Morgan fingerprint density at radius 2 is 2.16 bits per heavy atom. The van der Waals surface area contributed by atoms with Crippen molar-refractivity contribution in [2.45, 2.75) is 6.42 Å². The van der Waals surface area contributed by atoms with Gasteiger partial charge < -0.3 is 10.2 Å². The van der Waals surface area contributed by atoms with Gasteiger partial charge in [0.25, 0.3) is 0 Å². The maximum absolute atomic E-state index is 12.3. The van der Waals surface area contributed by atoms with E-state index in [1.165, 1.54) is 0 Å². The van der Waals surface area contributed by atoms with Crippen molar-refractivity contribution < 1.29 is 4.79 Å². The lowest BCUT2D eigenvalue weighted by Gasteiger charge is -2.16. The molecule has 0 spiro atoms. The second-order valence-corrected chi connectivity index (χ2v) is 9.36. The third kappa shape index (κ3) is 5.20. The van der Waals surface area contributed by atoms with Gasteiger partial charge in [0, 0.05) is 47.7 Å². The Labute approximate surface area is 203 Å². The van der Waals surface area contributed by atoms with Crippen LogP contribution in [-0.2, 0) is 4.79 Å². The van der Waals surface area contributed by atoms with Crippen molar-refractivity contribution in [3.8, 4) is 11.3 Å². The van der Waals surface area contributed by atoms with E-state index < -0.39 is 0 Å². The Kier molecular flexibility index (Phi) is 7.24. The van der Waals surface area contributed by atoms with Gasteiger partial charge in [0.2, 0.25) is 5.91 Å². The fourth-order valence-electron chi connectivity index (χ4n) is 3.18. The van der Waals surface area contributed by atoms with Gasteiger partial charge in [-0.15, -0.1) is 11.3 Å². The summed E-state index contributed by atoms with van der Waals surface area (Å²) in [5, 5.41) is 10.5. The first-order valence-corrected chi connectivity index (χ1v) is 12.1. The highest BCUT2D eigenvalue weighted by Crippen LogP contribution is 2.30. The van der Waals surface area contributed by atoms with E-state index in [9.17, 15) is 4.79 Å². The summed E-state index contributed by atoms with van der Waals surface area (Å²) in [5.74, 6) is 0.795. The number of rotatable bonds is 8. The van der Waals surface area contributed by atoms with Crippen molar-refractivity contribution in [3.05, 3.63) is 74.5 Å². The topological polar surface area (TPSA) is 62.5 Å². The standard InChI is InChI=1S/C23H21BrClN5OS/c1-29(22(31)10-9-16-6-4-13-32-16)12-5-11-26-21-14-20(17-7-2-3-8-19(17)25)28-23-18(24)15-27-30(21)23/h2-4,6-10,13-15,26H,5,11-12H2,1H3. The molecule has 0 fully saturated rings. The number of likely N-dealkylation sites (N-methyl/N-ethyl adjacent to an activating group) is 1. The molecule has 0 aliphatic heterocycles. The molecule has 0 atom stereocenters. The van der Waals surface area contributed by atoms with E-state index in [4.69, 9.17) is 16.6 Å². The molecule has 0 aliphatic rings. The van der Waals surface area contributed by atoms with Gasteiger partial charge in [-0.3, -0.25) is 4.79 Å². The minimum atomic E-state index is -0.0123. The zero-order valence-electron chi connectivity index (χ0n) is 17.3. The van der Waals surface area contributed by atoms with E-state index in [0.717, 1.165) is 32.8 Å². The quantitative estimate of drug-likeness (QED) is 0.229. The van der Waals surface area contributed by atoms with E-state index in [1.54, 1.807) is 33.0 Å². The van der Waals surface area contributed by atoms with Crippen LogP contribution in [0.1, 0.15) is 11.3 Å². The van der Waals surface area contributed by atoms with Gasteiger partial charge in [-0.05, 0) is 45.9 Å². The van der Waals surface area contributed by atoms with Crippen LogP contribution in [0, 0.1) is 0 Å². The molecule has 32 heavy (non-hydrogen) atoms.